The van der Waals surface area contributed by atoms with Crippen molar-refractivity contribution < 1.29 is 0 Å². The minimum atomic E-state index is 0.739. The zero-order chi connectivity index (χ0) is 11.7. The van der Waals surface area contributed by atoms with Crippen LogP contribution in [0.2, 0.25) is 0 Å². The van der Waals surface area contributed by atoms with Crippen LogP contribution in [-0.4, -0.2) is 33.2 Å². The van der Waals surface area contributed by atoms with Crippen LogP contribution in [0.25, 0.3) is 11.4 Å². The first-order valence-corrected chi connectivity index (χ1v) is 5.68. The number of anilines is 2. The van der Waals surface area contributed by atoms with Crippen LogP contribution in [0.3, 0.4) is 0 Å². The lowest BCUT2D eigenvalue weighted by Gasteiger charge is -2.04. The molecule has 7 heteroatoms. The monoisotopic (exact) mass is 238 g/mol. The van der Waals surface area contributed by atoms with Gasteiger partial charge in [-0.15, -0.1) is 10.2 Å². The van der Waals surface area contributed by atoms with Crippen LogP contribution in [0, 0.1) is 6.92 Å². The molecule has 0 amide bonds. The third kappa shape index (κ3) is 1.53. The smallest absolute Gasteiger partial charge is 0.224 e. The van der Waals surface area contributed by atoms with E-state index >= 15 is 0 Å². The van der Waals surface area contributed by atoms with Gasteiger partial charge in [-0.25, -0.2) is 0 Å². The Morgan fingerprint density at radius 1 is 1.19 bits per heavy atom. The molecule has 0 unspecified atom stereocenters. The minimum absolute atomic E-state index is 0.739. The Bertz CT molecular complexity index is 500. The van der Waals surface area contributed by atoms with Crippen LogP contribution in [0.5, 0.6) is 0 Å². The first-order chi connectivity index (χ1) is 7.69. The lowest BCUT2D eigenvalue weighted by molar-refractivity contribution is 0.924. The summed E-state index contributed by atoms with van der Waals surface area (Å²) in [6.07, 6.45) is 0. The number of aromatic nitrogens is 4. The van der Waals surface area contributed by atoms with Gasteiger partial charge in [0.15, 0.2) is 5.82 Å². The molecule has 2 rings (SSSR count). The molecule has 2 heterocycles. The maximum atomic E-state index is 4.32. The largest absolute Gasteiger partial charge is 0.378 e. The molecule has 16 heavy (non-hydrogen) atoms. The topological polar surface area (TPSA) is 67.7 Å². The fraction of sp³-hybridized carbons (Fsp3) is 0.444. The summed E-state index contributed by atoms with van der Waals surface area (Å²) in [5.41, 5.74) is 1.98. The second-order valence-corrected chi connectivity index (χ2v) is 4.15. The molecule has 86 valence electrons. The van der Waals surface area contributed by atoms with E-state index in [1.807, 2.05) is 32.6 Å². The molecule has 0 atom stereocenters. The maximum absolute atomic E-state index is 4.32. The zero-order valence-corrected chi connectivity index (χ0v) is 10.5. The van der Waals surface area contributed by atoms with Crippen LogP contribution in [0.1, 0.15) is 5.69 Å². The van der Waals surface area contributed by atoms with Crippen molar-refractivity contribution in [3.63, 3.8) is 0 Å². The number of aryl methyl sites for hydroxylation is 1. The Morgan fingerprint density at radius 2 is 1.94 bits per heavy atom. The van der Waals surface area contributed by atoms with Gasteiger partial charge in [0.05, 0.1) is 11.3 Å². The van der Waals surface area contributed by atoms with Gasteiger partial charge in [0, 0.05) is 21.1 Å². The van der Waals surface area contributed by atoms with E-state index in [1.165, 1.54) is 11.5 Å². The van der Waals surface area contributed by atoms with Crippen LogP contribution in [-0.2, 0) is 7.05 Å². The predicted octanol–water partition coefficient (Wildman–Crippen LogP) is 1.33. The van der Waals surface area contributed by atoms with Crippen LogP contribution >= 0.6 is 11.5 Å². The van der Waals surface area contributed by atoms with Gasteiger partial charge in [-0.2, -0.15) is 4.37 Å². The van der Waals surface area contributed by atoms with Crippen molar-refractivity contribution in [2.75, 3.05) is 24.7 Å². The molecule has 0 saturated heterocycles. The molecule has 0 aliphatic rings. The fourth-order valence-corrected chi connectivity index (χ4v) is 2.31. The summed E-state index contributed by atoms with van der Waals surface area (Å²) in [4.78, 5) is 0. The van der Waals surface area contributed by atoms with Crippen molar-refractivity contribution in [3.8, 4) is 11.4 Å². The number of nitrogens with one attached hydrogen (secondary N) is 2. The Hall–Kier alpha value is -1.63. The summed E-state index contributed by atoms with van der Waals surface area (Å²) in [7, 11) is 5.63. The third-order valence-corrected chi connectivity index (χ3v) is 3.37. The van der Waals surface area contributed by atoms with Crippen molar-refractivity contribution in [1.29, 1.82) is 0 Å². The third-order valence-electron chi connectivity index (χ3n) is 2.41. The van der Waals surface area contributed by atoms with Crippen molar-refractivity contribution in [3.05, 3.63) is 5.69 Å². The lowest BCUT2D eigenvalue weighted by atomic mass is 10.2. The molecule has 2 N–H and O–H groups in total. The molecule has 0 spiro atoms. The first-order valence-electron chi connectivity index (χ1n) is 4.90. The summed E-state index contributed by atoms with van der Waals surface area (Å²) in [5, 5.41) is 15.4. The average molecular weight is 238 g/mol. The van der Waals surface area contributed by atoms with E-state index in [9.17, 15) is 0 Å². The summed E-state index contributed by atoms with van der Waals surface area (Å²) in [6.45, 7) is 1.97. The second-order valence-electron chi connectivity index (χ2n) is 3.38. The quantitative estimate of drug-likeness (QED) is 0.844. The molecule has 2 aromatic heterocycles. The molecule has 0 aliphatic carbocycles. The summed E-state index contributed by atoms with van der Waals surface area (Å²) in [6, 6.07) is 0. The second kappa shape index (κ2) is 4.09. The molecule has 0 aliphatic heterocycles. The Balaban J connectivity index is 2.57. The Morgan fingerprint density at radius 3 is 2.50 bits per heavy atom. The highest BCUT2D eigenvalue weighted by molar-refractivity contribution is 7.10. The van der Waals surface area contributed by atoms with Gasteiger partial charge in [0.25, 0.3) is 0 Å². The number of hydrogen-bond acceptors (Lipinski definition) is 6. The van der Waals surface area contributed by atoms with Gasteiger partial charge >= 0.3 is 0 Å². The average Bonchev–Trinajstić information content (AvgIpc) is 2.81. The van der Waals surface area contributed by atoms with Crippen LogP contribution in [0.15, 0.2) is 0 Å². The fourth-order valence-electron chi connectivity index (χ4n) is 1.57. The highest BCUT2D eigenvalue weighted by Crippen LogP contribution is 2.33. The van der Waals surface area contributed by atoms with Crippen molar-refractivity contribution in [1.82, 2.24) is 19.1 Å². The summed E-state index contributed by atoms with van der Waals surface area (Å²) >= 11 is 1.43. The van der Waals surface area contributed by atoms with Gasteiger partial charge in [-0.3, -0.25) is 4.57 Å². The predicted molar refractivity (Wildman–Crippen MR) is 65.9 cm³/mol. The molecule has 0 fully saturated rings. The van der Waals surface area contributed by atoms with Crippen LogP contribution < -0.4 is 10.6 Å². The molecule has 0 aromatic carbocycles. The zero-order valence-electron chi connectivity index (χ0n) is 9.70. The van der Waals surface area contributed by atoms with E-state index in [-0.39, 0.29) is 0 Å². The van der Waals surface area contributed by atoms with Gasteiger partial charge in [0.1, 0.15) is 5.00 Å². The Labute approximate surface area is 97.9 Å². The van der Waals surface area contributed by atoms with Gasteiger partial charge in [-0.05, 0) is 18.5 Å². The van der Waals surface area contributed by atoms with Gasteiger partial charge in [0.2, 0.25) is 5.95 Å². The molecule has 6 nitrogen and oxygen atoms in total. The molecule has 2 aromatic rings. The number of rotatable bonds is 3. The normalized spacial score (nSPS) is 10.5. The van der Waals surface area contributed by atoms with E-state index in [4.69, 9.17) is 0 Å². The van der Waals surface area contributed by atoms with E-state index in [2.05, 4.69) is 25.2 Å². The minimum Gasteiger partial charge on any atom is -0.378 e. The lowest BCUT2D eigenvalue weighted by Crippen LogP contribution is -2.00. The van der Waals surface area contributed by atoms with E-state index in [0.717, 1.165) is 28.0 Å². The summed E-state index contributed by atoms with van der Waals surface area (Å²) in [5.74, 6) is 1.56. The molecular weight excluding hydrogens is 224 g/mol. The van der Waals surface area contributed by atoms with Crippen LogP contribution in [0.4, 0.5) is 10.9 Å². The van der Waals surface area contributed by atoms with Gasteiger partial charge < -0.3 is 10.6 Å². The molecule has 0 saturated carbocycles. The van der Waals surface area contributed by atoms with Crippen molar-refractivity contribution in [2.45, 2.75) is 6.92 Å². The van der Waals surface area contributed by atoms with Crippen molar-refractivity contribution in [2.24, 2.45) is 7.05 Å². The molecular formula is C9H14N6S. The SMILES string of the molecule is CNc1snc(C)c1-c1nnc(NC)n1C. The Kier molecular flexibility index (Phi) is 2.78. The summed E-state index contributed by atoms with van der Waals surface area (Å²) < 4.78 is 6.23. The van der Waals surface area contributed by atoms with E-state index < -0.39 is 0 Å². The van der Waals surface area contributed by atoms with E-state index in [1.54, 1.807) is 0 Å². The van der Waals surface area contributed by atoms with E-state index in [0.29, 0.717) is 0 Å². The highest BCUT2D eigenvalue weighted by atomic mass is 32.1. The molecule has 0 bridgehead atoms. The number of hydrogen-bond donors (Lipinski definition) is 2. The number of nitrogens with zero attached hydrogens (tertiary/aromatic N) is 4. The molecule has 0 radical (unpaired) electrons. The highest BCUT2D eigenvalue weighted by Gasteiger charge is 2.18. The maximum Gasteiger partial charge on any atom is 0.224 e. The standard InChI is InChI=1S/C9H14N6S/c1-5-6(8(10-2)16-14-5)7-12-13-9(11-3)15(7)4/h10H,1-4H3,(H,11,13). The first kappa shape index (κ1) is 10.9. The van der Waals surface area contributed by atoms with Gasteiger partial charge in [-0.1, -0.05) is 0 Å². The van der Waals surface area contributed by atoms with Crippen molar-refractivity contribution >= 4 is 22.5 Å².